The average Bonchev–Trinajstić information content (AvgIpc) is 2.17. The van der Waals surface area contributed by atoms with Crippen molar-refractivity contribution in [2.75, 3.05) is 13.2 Å². The number of benzene rings is 1. The number of ether oxygens (including phenoxy) is 1. The van der Waals surface area contributed by atoms with E-state index in [0.717, 1.165) is 11.1 Å². The molecule has 0 aliphatic carbocycles. The first-order chi connectivity index (χ1) is 6.99. The van der Waals surface area contributed by atoms with Gasteiger partial charge in [0.15, 0.2) is 0 Å². The van der Waals surface area contributed by atoms with Crippen LogP contribution in [0.3, 0.4) is 0 Å². The molecule has 0 amide bonds. The third-order valence-electron chi connectivity index (χ3n) is 1.72. The Kier molecular flexibility index (Phi) is 4.96. The maximum absolute atomic E-state index is 12.9. The van der Waals surface area contributed by atoms with Crippen LogP contribution in [-0.2, 0) is 4.74 Å². The molecule has 0 aliphatic heterocycles. The fourth-order valence-electron chi connectivity index (χ4n) is 1.05. The van der Waals surface area contributed by atoms with Crippen molar-refractivity contribution >= 4 is 37.4 Å². The van der Waals surface area contributed by atoms with Crippen molar-refractivity contribution in [3.8, 4) is 0 Å². The molecule has 82 valence electrons. The Morgan fingerprint density at radius 2 is 1.93 bits per heavy atom. The minimum atomic E-state index is -1.66. The van der Waals surface area contributed by atoms with Gasteiger partial charge in [-0.3, -0.25) is 0 Å². The van der Waals surface area contributed by atoms with E-state index in [1.54, 1.807) is 0 Å². The van der Waals surface area contributed by atoms with E-state index in [-0.39, 0.29) is 6.61 Å². The van der Waals surface area contributed by atoms with Gasteiger partial charge in [-0.25, -0.2) is 4.39 Å². The van der Waals surface area contributed by atoms with Crippen molar-refractivity contribution in [1.29, 1.82) is 0 Å². The van der Waals surface area contributed by atoms with E-state index in [9.17, 15) is 4.39 Å². The normalized spacial score (nSPS) is 11.4. The van der Waals surface area contributed by atoms with Crippen LogP contribution in [0.2, 0.25) is 0 Å². The zero-order chi connectivity index (χ0) is 11.3. The van der Waals surface area contributed by atoms with Crippen molar-refractivity contribution in [2.45, 2.75) is 3.49 Å². The first-order valence-electron chi connectivity index (χ1n) is 4.37. The second-order valence-electron chi connectivity index (χ2n) is 3.08. The van der Waals surface area contributed by atoms with Crippen LogP contribution in [0, 0.1) is 0 Å². The van der Waals surface area contributed by atoms with Gasteiger partial charge in [-0.2, -0.15) is 0 Å². The Balaban J connectivity index is 2.38. The van der Waals surface area contributed by atoms with E-state index in [1.165, 1.54) is 0 Å². The first-order valence-corrected chi connectivity index (χ1v) is 5.95. The molecule has 0 atom stereocenters. The lowest BCUT2D eigenvalue weighted by Gasteiger charge is -2.11. The van der Waals surface area contributed by atoms with Crippen LogP contribution in [0.4, 0.5) is 4.39 Å². The summed E-state index contributed by atoms with van der Waals surface area (Å²) in [6, 6.07) is 9.67. The van der Waals surface area contributed by atoms with Crippen molar-refractivity contribution in [3.05, 3.63) is 42.5 Å². The highest BCUT2D eigenvalue weighted by atomic mass is 79.9. The van der Waals surface area contributed by atoms with Crippen LogP contribution in [-0.4, -0.2) is 16.7 Å². The summed E-state index contributed by atoms with van der Waals surface area (Å²) in [6.45, 7) is 4.11. The fraction of sp³-hybridized carbons (Fsp3) is 0.273. The van der Waals surface area contributed by atoms with Crippen LogP contribution in [0.25, 0.3) is 5.57 Å². The third-order valence-corrected chi connectivity index (χ3v) is 2.18. The van der Waals surface area contributed by atoms with Crippen LogP contribution >= 0.6 is 31.9 Å². The van der Waals surface area contributed by atoms with Crippen molar-refractivity contribution in [1.82, 2.24) is 0 Å². The number of alkyl halides is 3. The molecule has 1 nitrogen and oxygen atoms in total. The molecule has 4 heteroatoms. The summed E-state index contributed by atoms with van der Waals surface area (Å²) < 4.78 is 16.4. The lowest BCUT2D eigenvalue weighted by Crippen LogP contribution is -2.13. The van der Waals surface area contributed by atoms with Gasteiger partial charge in [0, 0.05) is 0 Å². The Bertz CT molecular complexity index is 319. The van der Waals surface area contributed by atoms with E-state index in [2.05, 4.69) is 38.4 Å². The maximum atomic E-state index is 12.9. The van der Waals surface area contributed by atoms with Crippen molar-refractivity contribution in [3.63, 3.8) is 0 Å². The lowest BCUT2D eigenvalue weighted by molar-refractivity contribution is 0.130. The molecule has 1 aromatic rings. The minimum Gasteiger partial charge on any atom is -0.372 e. The van der Waals surface area contributed by atoms with Gasteiger partial charge < -0.3 is 4.74 Å². The molecule has 0 bridgehead atoms. The van der Waals surface area contributed by atoms with E-state index in [4.69, 9.17) is 4.74 Å². The largest absolute Gasteiger partial charge is 0.372 e. The van der Waals surface area contributed by atoms with Crippen molar-refractivity contribution in [2.24, 2.45) is 0 Å². The Labute approximate surface area is 106 Å². The van der Waals surface area contributed by atoms with Gasteiger partial charge in [-0.15, -0.1) is 0 Å². The number of rotatable bonds is 5. The molecule has 0 radical (unpaired) electrons. The Morgan fingerprint density at radius 1 is 1.33 bits per heavy atom. The molecule has 15 heavy (non-hydrogen) atoms. The maximum Gasteiger partial charge on any atom is 0.241 e. The Hall–Kier alpha value is -0.190. The predicted octanol–water partition coefficient (Wildman–Crippen LogP) is 4.13. The highest BCUT2D eigenvalue weighted by Gasteiger charge is 2.20. The second-order valence-corrected chi connectivity index (χ2v) is 6.66. The molecule has 0 saturated heterocycles. The SMILES string of the molecule is C=C(COCC(F)(Br)Br)c1ccccc1. The molecule has 0 N–H and O–H groups in total. The number of hydrogen-bond donors (Lipinski definition) is 0. The summed E-state index contributed by atoms with van der Waals surface area (Å²) in [5.74, 6) is 0. The van der Waals surface area contributed by atoms with Crippen molar-refractivity contribution < 1.29 is 9.13 Å². The van der Waals surface area contributed by atoms with E-state index < -0.39 is 3.49 Å². The fourth-order valence-corrected chi connectivity index (χ4v) is 1.37. The second kappa shape index (κ2) is 5.77. The summed E-state index contributed by atoms with van der Waals surface area (Å²) in [7, 11) is 0. The van der Waals surface area contributed by atoms with E-state index in [1.807, 2.05) is 30.3 Å². The summed E-state index contributed by atoms with van der Waals surface area (Å²) in [5.41, 5.74) is 1.84. The van der Waals surface area contributed by atoms with Gasteiger partial charge >= 0.3 is 0 Å². The highest BCUT2D eigenvalue weighted by molar-refractivity contribution is 9.25. The highest BCUT2D eigenvalue weighted by Crippen LogP contribution is 2.28. The van der Waals surface area contributed by atoms with E-state index >= 15 is 0 Å². The van der Waals surface area contributed by atoms with E-state index in [0.29, 0.717) is 6.61 Å². The number of hydrogen-bond acceptors (Lipinski definition) is 1. The molecular weight excluding hydrogens is 327 g/mol. The molecular formula is C11H11Br2FO. The van der Waals surface area contributed by atoms with Crippen LogP contribution in [0.15, 0.2) is 36.9 Å². The quantitative estimate of drug-likeness (QED) is 0.734. The van der Waals surface area contributed by atoms with Gasteiger partial charge in [0.25, 0.3) is 0 Å². The minimum absolute atomic E-state index is 0.0706. The van der Waals surface area contributed by atoms with Gasteiger partial charge in [0.2, 0.25) is 3.49 Å². The molecule has 0 unspecified atom stereocenters. The molecule has 1 aromatic carbocycles. The van der Waals surface area contributed by atoms with Gasteiger partial charge in [-0.05, 0) is 43.0 Å². The third kappa shape index (κ3) is 5.44. The smallest absolute Gasteiger partial charge is 0.241 e. The molecule has 0 saturated carbocycles. The van der Waals surface area contributed by atoms with Gasteiger partial charge in [0.05, 0.1) is 6.61 Å². The average molecular weight is 338 g/mol. The predicted molar refractivity (Wildman–Crippen MR) is 68.0 cm³/mol. The monoisotopic (exact) mass is 336 g/mol. The summed E-state index contributed by atoms with van der Waals surface area (Å²) >= 11 is 5.56. The zero-order valence-corrected chi connectivity index (χ0v) is 11.2. The topological polar surface area (TPSA) is 9.23 Å². The molecule has 1 rings (SSSR count). The van der Waals surface area contributed by atoms with Gasteiger partial charge in [0.1, 0.15) is 6.61 Å². The van der Waals surface area contributed by atoms with Crippen LogP contribution < -0.4 is 0 Å². The zero-order valence-electron chi connectivity index (χ0n) is 8.05. The first kappa shape index (κ1) is 12.9. The standard InChI is InChI=1S/C11H11Br2FO/c1-9(7-15-8-11(12,13)14)10-5-3-2-4-6-10/h2-6H,1,7-8H2. The molecule has 0 fully saturated rings. The van der Waals surface area contributed by atoms with Crippen LogP contribution in [0.5, 0.6) is 0 Å². The molecule has 0 spiro atoms. The van der Waals surface area contributed by atoms with Crippen LogP contribution in [0.1, 0.15) is 5.56 Å². The summed E-state index contributed by atoms with van der Waals surface area (Å²) in [5, 5.41) is 0. The lowest BCUT2D eigenvalue weighted by atomic mass is 10.1. The Morgan fingerprint density at radius 3 is 2.47 bits per heavy atom. The summed E-state index contributed by atoms with van der Waals surface area (Å²) in [6.07, 6.45) is 0. The molecule has 0 heterocycles. The number of halogens is 3. The molecule has 0 aromatic heterocycles. The summed E-state index contributed by atoms with van der Waals surface area (Å²) in [4.78, 5) is 0. The molecule has 0 aliphatic rings. The van der Waals surface area contributed by atoms with Gasteiger partial charge in [-0.1, -0.05) is 36.9 Å².